The van der Waals surface area contributed by atoms with E-state index >= 15 is 0 Å². The molecule has 0 radical (unpaired) electrons. The quantitative estimate of drug-likeness (QED) is 0.508. The molecule has 0 aliphatic rings. The lowest BCUT2D eigenvalue weighted by atomic mass is 10.0. The number of phenols is 1. The molecule has 0 aliphatic carbocycles. The largest absolute Gasteiger partial charge is 0.506 e. The number of benzene rings is 2. The van der Waals surface area contributed by atoms with Gasteiger partial charge in [-0.2, -0.15) is 0 Å². The van der Waals surface area contributed by atoms with Crippen LogP contribution in [0.3, 0.4) is 0 Å². The van der Waals surface area contributed by atoms with Gasteiger partial charge < -0.3 is 10.8 Å². The maximum absolute atomic E-state index is 12.2. The van der Waals surface area contributed by atoms with Crippen molar-refractivity contribution < 1.29 is 9.90 Å². The number of aromatic hydroxyl groups is 1. The second-order valence-electron chi connectivity index (χ2n) is 3.58. The third-order valence-corrected chi connectivity index (χ3v) is 2.91. The highest BCUT2D eigenvalue weighted by Gasteiger charge is 2.14. The zero-order chi connectivity index (χ0) is 12.4. The lowest BCUT2D eigenvalue weighted by molar-refractivity contribution is 0.103. The van der Waals surface area contributed by atoms with Gasteiger partial charge in [0.15, 0.2) is 5.78 Å². The van der Waals surface area contributed by atoms with Crippen LogP contribution in [0, 0.1) is 0 Å². The molecule has 4 heteroatoms. The molecule has 86 valence electrons. The molecule has 0 aromatic heterocycles. The molecule has 2 aromatic rings. The fraction of sp³-hybridized carbons (Fsp3) is 0. The number of nitrogen functional groups attached to an aromatic ring is 1. The van der Waals surface area contributed by atoms with Crippen molar-refractivity contribution in [3.8, 4) is 5.75 Å². The molecule has 2 rings (SSSR count). The number of hydrogen-bond donors (Lipinski definition) is 2. The summed E-state index contributed by atoms with van der Waals surface area (Å²) in [4.78, 5) is 12.2. The van der Waals surface area contributed by atoms with Crippen molar-refractivity contribution >= 4 is 27.4 Å². The molecular formula is C13H10BrNO2. The van der Waals surface area contributed by atoms with Crippen LogP contribution < -0.4 is 5.73 Å². The first-order valence-corrected chi connectivity index (χ1v) is 5.76. The van der Waals surface area contributed by atoms with Crippen molar-refractivity contribution in [2.75, 3.05) is 5.73 Å². The molecule has 0 spiro atoms. The Morgan fingerprint density at radius 1 is 1.18 bits per heavy atom. The normalized spacial score (nSPS) is 10.2. The van der Waals surface area contributed by atoms with E-state index in [-0.39, 0.29) is 17.2 Å². The number of anilines is 1. The zero-order valence-corrected chi connectivity index (χ0v) is 10.4. The third-order valence-electron chi connectivity index (χ3n) is 2.41. The highest BCUT2D eigenvalue weighted by Crippen LogP contribution is 2.26. The van der Waals surface area contributed by atoms with Gasteiger partial charge in [0, 0.05) is 15.6 Å². The number of carbonyl (C=O) groups excluding carboxylic acids is 1. The van der Waals surface area contributed by atoms with Crippen LogP contribution in [0.25, 0.3) is 0 Å². The third kappa shape index (κ3) is 2.31. The van der Waals surface area contributed by atoms with E-state index in [1.807, 2.05) is 6.07 Å². The van der Waals surface area contributed by atoms with Gasteiger partial charge in [-0.15, -0.1) is 0 Å². The molecule has 0 aliphatic heterocycles. The number of ketones is 1. The molecule has 0 amide bonds. The molecule has 3 N–H and O–H groups in total. The lowest BCUT2D eigenvalue weighted by Gasteiger charge is -2.06. The van der Waals surface area contributed by atoms with Crippen molar-refractivity contribution in [3.05, 3.63) is 58.1 Å². The van der Waals surface area contributed by atoms with Crippen LogP contribution in [0.15, 0.2) is 46.9 Å². The van der Waals surface area contributed by atoms with Crippen LogP contribution in [0.2, 0.25) is 0 Å². The second kappa shape index (κ2) is 4.59. The monoisotopic (exact) mass is 291 g/mol. The minimum atomic E-state index is -0.209. The Hall–Kier alpha value is -1.81. The van der Waals surface area contributed by atoms with Crippen LogP contribution in [0.5, 0.6) is 5.75 Å². The number of rotatable bonds is 2. The van der Waals surface area contributed by atoms with Gasteiger partial charge in [-0.3, -0.25) is 4.79 Å². The van der Waals surface area contributed by atoms with E-state index in [1.165, 1.54) is 6.07 Å². The van der Waals surface area contributed by atoms with E-state index in [0.717, 1.165) is 4.47 Å². The number of nitrogens with two attached hydrogens (primary N) is 1. The van der Waals surface area contributed by atoms with Gasteiger partial charge in [-0.05, 0) is 24.3 Å². The smallest absolute Gasteiger partial charge is 0.195 e. The van der Waals surface area contributed by atoms with E-state index in [9.17, 15) is 9.90 Å². The lowest BCUT2D eigenvalue weighted by Crippen LogP contribution is -2.05. The molecule has 0 bridgehead atoms. The molecule has 0 fully saturated rings. The SMILES string of the molecule is Nc1c(O)cccc1C(=O)c1cccc(Br)c1. The summed E-state index contributed by atoms with van der Waals surface area (Å²) in [6.45, 7) is 0. The maximum Gasteiger partial charge on any atom is 0.195 e. The van der Waals surface area contributed by atoms with Crippen molar-refractivity contribution in [1.29, 1.82) is 0 Å². The summed E-state index contributed by atoms with van der Waals surface area (Å²) < 4.78 is 0.821. The predicted octanol–water partition coefficient (Wildman–Crippen LogP) is 2.97. The van der Waals surface area contributed by atoms with E-state index in [0.29, 0.717) is 11.1 Å². The fourth-order valence-electron chi connectivity index (χ4n) is 1.54. The highest BCUT2D eigenvalue weighted by molar-refractivity contribution is 9.10. The first-order chi connectivity index (χ1) is 8.09. The van der Waals surface area contributed by atoms with Gasteiger partial charge in [-0.25, -0.2) is 0 Å². The summed E-state index contributed by atoms with van der Waals surface area (Å²) in [6, 6.07) is 11.7. The Morgan fingerprint density at radius 2 is 1.88 bits per heavy atom. The van der Waals surface area contributed by atoms with Gasteiger partial charge >= 0.3 is 0 Å². The summed E-state index contributed by atoms with van der Waals surface area (Å²) in [6.07, 6.45) is 0. The second-order valence-corrected chi connectivity index (χ2v) is 4.49. The zero-order valence-electron chi connectivity index (χ0n) is 8.85. The molecule has 0 heterocycles. The number of hydrogen-bond acceptors (Lipinski definition) is 3. The Bertz CT molecular complexity index is 581. The average Bonchev–Trinajstić information content (AvgIpc) is 2.32. The molecule has 0 saturated heterocycles. The standard InChI is InChI=1S/C13H10BrNO2/c14-9-4-1-3-8(7-9)13(17)10-5-2-6-11(16)12(10)15/h1-7,16H,15H2. The number of carbonyl (C=O) groups is 1. The first kappa shape index (κ1) is 11.7. The van der Waals surface area contributed by atoms with E-state index in [1.54, 1.807) is 30.3 Å². The van der Waals surface area contributed by atoms with Crippen molar-refractivity contribution in [3.63, 3.8) is 0 Å². The topological polar surface area (TPSA) is 63.3 Å². The van der Waals surface area contributed by atoms with Crippen molar-refractivity contribution in [2.24, 2.45) is 0 Å². The Morgan fingerprint density at radius 3 is 2.59 bits per heavy atom. The molecule has 0 unspecified atom stereocenters. The average molecular weight is 292 g/mol. The van der Waals surface area contributed by atoms with E-state index in [2.05, 4.69) is 15.9 Å². The van der Waals surface area contributed by atoms with Gasteiger partial charge in [0.2, 0.25) is 0 Å². The Labute approximate surface area is 107 Å². The fourth-order valence-corrected chi connectivity index (χ4v) is 1.94. The summed E-state index contributed by atoms with van der Waals surface area (Å²) in [5.74, 6) is -0.287. The maximum atomic E-state index is 12.2. The Balaban J connectivity index is 2.48. The molecular weight excluding hydrogens is 282 g/mol. The van der Waals surface area contributed by atoms with E-state index < -0.39 is 0 Å². The van der Waals surface area contributed by atoms with Crippen LogP contribution in [-0.4, -0.2) is 10.9 Å². The summed E-state index contributed by atoms with van der Waals surface area (Å²) in [7, 11) is 0. The minimum absolute atomic E-state index is 0.0779. The van der Waals surface area contributed by atoms with Gasteiger partial charge in [0.1, 0.15) is 5.75 Å². The minimum Gasteiger partial charge on any atom is -0.506 e. The van der Waals surface area contributed by atoms with Crippen LogP contribution in [0.1, 0.15) is 15.9 Å². The number of para-hydroxylation sites is 1. The Kier molecular flexibility index (Phi) is 3.15. The van der Waals surface area contributed by atoms with Gasteiger partial charge in [0.05, 0.1) is 5.69 Å². The van der Waals surface area contributed by atoms with Gasteiger partial charge in [0.25, 0.3) is 0 Å². The first-order valence-electron chi connectivity index (χ1n) is 4.97. The summed E-state index contributed by atoms with van der Waals surface area (Å²) in [5.41, 5.74) is 6.62. The molecule has 17 heavy (non-hydrogen) atoms. The van der Waals surface area contributed by atoms with Crippen molar-refractivity contribution in [2.45, 2.75) is 0 Å². The van der Waals surface area contributed by atoms with Crippen LogP contribution in [0.4, 0.5) is 5.69 Å². The predicted molar refractivity (Wildman–Crippen MR) is 70.1 cm³/mol. The van der Waals surface area contributed by atoms with Crippen LogP contribution in [-0.2, 0) is 0 Å². The molecule has 0 saturated carbocycles. The molecule has 2 aromatic carbocycles. The molecule has 0 atom stereocenters. The number of phenolic OH excluding ortho intramolecular Hbond substituents is 1. The molecule has 3 nitrogen and oxygen atoms in total. The summed E-state index contributed by atoms with van der Waals surface area (Å²) in [5, 5.41) is 9.46. The van der Waals surface area contributed by atoms with Gasteiger partial charge in [-0.1, -0.05) is 34.1 Å². The summed E-state index contributed by atoms with van der Waals surface area (Å²) >= 11 is 3.30. The highest BCUT2D eigenvalue weighted by atomic mass is 79.9. The van der Waals surface area contributed by atoms with Crippen molar-refractivity contribution in [1.82, 2.24) is 0 Å². The number of halogens is 1. The van der Waals surface area contributed by atoms with E-state index in [4.69, 9.17) is 5.73 Å². The van der Waals surface area contributed by atoms with Crippen LogP contribution >= 0.6 is 15.9 Å².